The summed E-state index contributed by atoms with van der Waals surface area (Å²) >= 11 is 3.79. The maximum Gasteiger partial charge on any atom is 0.0697 e. The molecule has 2 fully saturated rings. The van der Waals surface area contributed by atoms with Crippen molar-refractivity contribution in [3.63, 3.8) is 0 Å². The highest BCUT2D eigenvalue weighted by Crippen LogP contribution is 2.61. The quantitative estimate of drug-likeness (QED) is 0.741. The molecular weight excluding hydrogens is 250 g/mol. The highest BCUT2D eigenvalue weighted by atomic mass is 79.9. The molecule has 0 spiro atoms. The summed E-state index contributed by atoms with van der Waals surface area (Å²) in [6.07, 6.45) is 1.27. The zero-order valence-electron chi connectivity index (χ0n) is 8.62. The van der Waals surface area contributed by atoms with Crippen molar-refractivity contribution < 1.29 is 0 Å². The molecule has 2 aliphatic rings. The maximum atomic E-state index is 4.21. The van der Waals surface area contributed by atoms with Crippen LogP contribution >= 0.6 is 15.9 Å². The van der Waals surface area contributed by atoms with Crippen LogP contribution in [0.5, 0.6) is 0 Å². The molecule has 0 N–H and O–H groups in total. The molecule has 1 saturated carbocycles. The van der Waals surface area contributed by atoms with Crippen molar-refractivity contribution in [2.24, 2.45) is 5.92 Å². The minimum atomic E-state index is 0.266. The number of benzene rings is 1. The van der Waals surface area contributed by atoms with Crippen LogP contribution in [0.3, 0.4) is 0 Å². The third-order valence-electron chi connectivity index (χ3n) is 3.55. The van der Waals surface area contributed by atoms with Gasteiger partial charge in [0.2, 0.25) is 0 Å². The van der Waals surface area contributed by atoms with E-state index in [1.165, 1.54) is 24.2 Å². The summed E-state index contributed by atoms with van der Waals surface area (Å²) in [6.45, 7) is 6.37. The van der Waals surface area contributed by atoms with Crippen molar-refractivity contribution in [1.82, 2.24) is 4.90 Å². The highest BCUT2D eigenvalue weighted by molar-refractivity contribution is 9.10. The largest absolute Gasteiger partial charge is 0.369 e. The molecule has 0 unspecified atom stereocenters. The van der Waals surface area contributed by atoms with Gasteiger partial charge in [0.05, 0.1) is 4.32 Å². The molecule has 0 aromatic heterocycles. The lowest BCUT2D eigenvalue weighted by atomic mass is 10.2. The van der Waals surface area contributed by atoms with Gasteiger partial charge in [-0.1, -0.05) is 52.8 Å². The number of fused-ring (bicyclic) bond motifs is 1. The summed E-state index contributed by atoms with van der Waals surface area (Å²) in [5.41, 5.74) is 2.65. The summed E-state index contributed by atoms with van der Waals surface area (Å²) in [6, 6.07) is 10.6. The molecule has 1 aromatic rings. The second-order valence-electron chi connectivity index (χ2n) is 4.58. The molecule has 2 atom stereocenters. The van der Waals surface area contributed by atoms with E-state index in [2.05, 4.69) is 57.7 Å². The van der Waals surface area contributed by atoms with Crippen molar-refractivity contribution >= 4 is 15.9 Å². The Bertz CT molecular complexity index is 400. The highest BCUT2D eigenvalue weighted by Gasteiger charge is 2.60. The zero-order chi connectivity index (χ0) is 10.5. The molecule has 0 radical (unpaired) electrons. The van der Waals surface area contributed by atoms with Gasteiger partial charge in [-0.25, -0.2) is 0 Å². The monoisotopic (exact) mass is 263 g/mol. The van der Waals surface area contributed by atoms with Crippen LogP contribution in [-0.4, -0.2) is 15.8 Å². The molecule has 78 valence electrons. The van der Waals surface area contributed by atoms with Crippen LogP contribution in [0.4, 0.5) is 0 Å². The molecule has 1 saturated heterocycles. The van der Waals surface area contributed by atoms with Gasteiger partial charge in [-0.15, -0.1) is 0 Å². The van der Waals surface area contributed by atoms with E-state index in [-0.39, 0.29) is 4.32 Å². The number of hydrogen-bond donors (Lipinski definition) is 0. The second kappa shape index (κ2) is 3.11. The Morgan fingerprint density at radius 2 is 2.13 bits per heavy atom. The van der Waals surface area contributed by atoms with E-state index in [9.17, 15) is 0 Å². The summed E-state index contributed by atoms with van der Waals surface area (Å²) in [5, 5.41) is 0. The van der Waals surface area contributed by atoms with Crippen molar-refractivity contribution in [3.8, 4) is 0 Å². The molecular formula is C13H14BrN. The molecule has 1 aliphatic carbocycles. The summed E-state index contributed by atoms with van der Waals surface area (Å²) in [4.78, 5) is 2.40. The normalized spacial score (nSPS) is 33.0. The van der Waals surface area contributed by atoms with Crippen LogP contribution in [0.25, 0.3) is 0 Å². The average Bonchev–Trinajstić information content (AvgIpc) is 2.84. The first kappa shape index (κ1) is 9.46. The van der Waals surface area contributed by atoms with Gasteiger partial charge in [-0.05, 0) is 17.9 Å². The van der Waals surface area contributed by atoms with Gasteiger partial charge < -0.3 is 4.90 Å². The van der Waals surface area contributed by atoms with E-state index in [4.69, 9.17) is 0 Å². The van der Waals surface area contributed by atoms with Crippen molar-refractivity contribution in [3.05, 3.63) is 48.2 Å². The predicted octanol–water partition coefficient (Wildman–Crippen LogP) is 3.17. The Morgan fingerprint density at radius 3 is 2.73 bits per heavy atom. The van der Waals surface area contributed by atoms with Crippen molar-refractivity contribution in [2.45, 2.75) is 17.3 Å². The van der Waals surface area contributed by atoms with E-state index in [0.717, 1.165) is 12.5 Å². The Labute approximate surface area is 98.9 Å². The fraction of sp³-hybridized carbons (Fsp3) is 0.385. The molecule has 1 aromatic carbocycles. The average molecular weight is 264 g/mol. The Balaban J connectivity index is 1.74. The molecule has 0 bridgehead atoms. The third-order valence-corrected chi connectivity index (χ3v) is 4.98. The smallest absolute Gasteiger partial charge is 0.0697 e. The minimum Gasteiger partial charge on any atom is -0.369 e. The van der Waals surface area contributed by atoms with Gasteiger partial charge in [0, 0.05) is 18.8 Å². The summed E-state index contributed by atoms with van der Waals surface area (Å²) < 4.78 is 0.266. The minimum absolute atomic E-state index is 0.266. The lowest BCUT2D eigenvalue weighted by molar-refractivity contribution is 0.357. The first-order chi connectivity index (χ1) is 7.20. The Hall–Kier alpha value is -0.760. The van der Waals surface area contributed by atoms with Gasteiger partial charge in [-0.3, -0.25) is 0 Å². The topological polar surface area (TPSA) is 3.24 Å². The molecule has 1 nitrogen and oxygen atoms in total. The number of nitrogens with zero attached hydrogens (tertiary/aromatic N) is 1. The van der Waals surface area contributed by atoms with Gasteiger partial charge in [-0.2, -0.15) is 0 Å². The Kier molecular flexibility index (Phi) is 1.96. The Morgan fingerprint density at radius 1 is 1.40 bits per heavy atom. The van der Waals surface area contributed by atoms with Gasteiger partial charge in [0.15, 0.2) is 0 Å². The molecule has 1 aliphatic heterocycles. The molecule has 3 rings (SSSR count). The number of likely N-dealkylation sites (tertiary alicyclic amines) is 1. The number of alkyl halides is 1. The fourth-order valence-corrected chi connectivity index (χ4v) is 3.25. The van der Waals surface area contributed by atoms with Gasteiger partial charge >= 0.3 is 0 Å². The first-order valence-electron chi connectivity index (χ1n) is 5.37. The predicted molar refractivity (Wildman–Crippen MR) is 65.8 cm³/mol. The zero-order valence-corrected chi connectivity index (χ0v) is 10.2. The molecule has 0 amide bonds. The van der Waals surface area contributed by atoms with Crippen LogP contribution in [0, 0.1) is 5.92 Å². The van der Waals surface area contributed by atoms with E-state index in [1.54, 1.807) is 0 Å². The SMILES string of the molecule is C=C1N(Cc2ccccc2)C[C@H]2C[C@@]12Br. The third kappa shape index (κ3) is 1.43. The number of piperidine rings is 1. The fourth-order valence-electron chi connectivity index (χ4n) is 2.47. The first-order valence-corrected chi connectivity index (χ1v) is 6.16. The van der Waals surface area contributed by atoms with Crippen LogP contribution < -0.4 is 0 Å². The van der Waals surface area contributed by atoms with Gasteiger partial charge in [0.1, 0.15) is 0 Å². The lowest BCUT2D eigenvalue weighted by Crippen LogP contribution is -2.21. The molecule has 15 heavy (non-hydrogen) atoms. The van der Waals surface area contributed by atoms with E-state index in [0.29, 0.717) is 0 Å². The number of allylic oxidation sites excluding steroid dienone is 1. The molecule has 1 heterocycles. The number of hydrogen-bond acceptors (Lipinski definition) is 1. The molecule has 2 heteroatoms. The van der Waals surface area contributed by atoms with Crippen LogP contribution in [0.1, 0.15) is 12.0 Å². The lowest BCUT2D eigenvalue weighted by Gasteiger charge is -2.23. The number of rotatable bonds is 2. The van der Waals surface area contributed by atoms with Crippen LogP contribution in [0.15, 0.2) is 42.6 Å². The summed E-state index contributed by atoms with van der Waals surface area (Å²) in [7, 11) is 0. The van der Waals surface area contributed by atoms with E-state index < -0.39 is 0 Å². The van der Waals surface area contributed by atoms with Crippen molar-refractivity contribution in [2.75, 3.05) is 6.54 Å². The van der Waals surface area contributed by atoms with Crippen LogP contribution in [-0.2, 0) is 6.54 Å². The van der Waals surface area contributed by atoms with E-state index >= 15 is 0 Å². The summed E-state index contributed by atoms with van der Waals surface area (Å²) in [5.74, 6) is 0.800. The van der Waals surface area contributed by atoms with E-state index in [1.807, 2.05) is 0 Å². The maximum absolute atomic E-state index is 4.21. The van der Waals surface area contributed by atoms with Crippen molar-refractivity contribution in [1.29, 1.82) is 0 Å². The second-order valence-corrected chi connectivity index (χ2v) is 5.99. The van der Waals surface area contributed by atoms with Crippen LogP contribution in [0.2, 0.25) is 0 Å². The van der Waals surface area contributed by atoms with Gasteiger partial charge in [0.25, 0.3) is 0 Å². The standard InChI is InChI=1S/C13H14BrN/c1-10-13(14)7-12(13)9-15(10)8-11-5-3-2-4-6-11/h2-6,12H,1,7-9H2/t12-,13-/m1/s1. The number of halogens is 1.